The quantitative estimate of drug-likeness (QED) is 0.677. The van der Waals surface area contributed by atoms with Crippen molar-refractivity contribution in [1.82, 2.24) is 0 Å². The predicted octanol–water partition coefficient (Wildman–Crippen LogP) is 5.17. The van der Waals surface area contributed by atoms with Crippen LogP contribution in [0.4, 0.5) is 0 Å². The van der Waals surface area contributed by atoms with Crippen LogP contribution in [-0.4, -0.2) is 0 Å². The van der Waals surface area contributed by atoms with Gasteiger partial charge < -0.3 is 0 Å². The Morgan fingerprint density at radius 3 is 2.56 bits per heavy atom. The van der Waals surface area contributed by atoms with Gasteiger partial charge in [0, 0.05) is 0 Å². The zero-order valence-electron chi connectivity index (χ0n) is 15.3. The number of benzene rings is 2. The molecule has 0 nitrogen and oxygen atoms in total. The molecule has 0 spiro atoms. The third-order valence-corrected chi connectivity index (χ3v) is 6.95. The summed E-state index contributed by atoms with van der Waals surface area (Å²) in [6, 6.07) is 13.7. The molecule has 5 rings (SSSR count). The van der Waals surface area contributed by atoms with Gasteiger partial charge in [0.2, 0.25) is 0 Å². The molecule has 0 bridgehead atoms. The van der Waals surface area contributed by atoms with Crippen molar-refractivity contribution >= 4 is 12.2 Å². The second-order valence-corrected chi connectivity index (χ2v) is 8.46. The van der Waals surface area contributed by atoms with Crippen molar-refractivity contribution in [3.8, 4) is 11.1 Å². The van der Waals surface area contributed by atoms with Crippen LogP contribution in [0.15, 0.2) is 36.4 Å². The van der Waals surface area contributed by atoms with Gasteiger partial charge in [-0.05, 0) is 76.1 Å². The van der Waals surface area contributed by atoms with Gasteiger partial charge in [0.15, 0.2) is 0 Å². The van der Waals surface area contributed by atoms with Crippen LogP contribution in [0.3, 0.4) is 0 Å². The molecule has 3 aliphatic carbocycles. The summed E-state index contributed by atoms with van der Waals surface area (Å²) in [6.07, 6.45) is 14.8. The summed E-state index contributed by atoms with van der Waals surface area (Å²) >= 11 is 0. The van der Waals surface area contributed by atoms with E-state index < -0.39 is 0 Å². The molecule has 2 atom stereocenters. The Kier molecular flexibility index (Phi) is 3.81. The first-order valence-corrected chi connectivity index (χ1v) is 10.2. The fraction of sp³-hybridized carbons (Fsp3) is 0.440. The van der Waals surface area contributed by atoms with Crippen LogP contribution in [0, 0.1) is 11.8 Å². The van der Waals surface area contributed by atoms with Crippen molar-refractivity contribution in [3.05, 3.63) is 58.0 Å². The van der Waals surface area contributed by atoms with Crippen molar-refractivity contribution in [2.45, 2.75) is 57.8 Å². The maximum Gasteiger partial charge on any atom is -0.00819 e. The fourth-order valence-corrected chi connectivity index (χ4v) is 5.61. The molecule has 0 aliphatic heterocycles. The highest BCUT2D eigenvalue weighted by Gasteiger charge is 2.28. The SMILES string of the molecule is CC1CC(C2CCCCC2)C=c2c1ccc1c2=CCc2ccccc2-1. The minimum absolute atomic E-state index is 0.697. The molecule has 25 heavy (non-hydrogen) atoms. The molecule has 2 aromatic carbocycles. The van der Waals surface area contributed by atoms with E-state index in [1.807, 2.05) is 0 Å². The molecule has 0 radical (unpaired) electrons. The summed E-state index contributed by atoms with van der Waals surface area (Å²) in [5, 5.41) is 3.09. The van der Waals surface area contributed by atoms with Gasteiger partial charge in [-0.1, -0.05) is 74.7 Å². The summed E-state index contributed by atoms with van der Waals surface area (Å²) in [4.78, 5) is 0. The van der Waals surface area contributed by atoms with Crippen LogP contribution in [-0.2, 0) is 6.42 Å². The van der Waals surface area contributed by atoms with E-state index >= 15 is 0 Å². The standard InChI is InChI=1S/C25H28/c1-17-15-20(18-7-3-2-4-8-18)16-25-21(17)13-14-23-22-10-6-5-9-19(22)11-12-24(23)25/h5-6,9-10,12-14,16-18,20H,2-4,7-8,11,15H2,1H3. The zero-order valence-corrected chi connectivity index (χ0v) is 15.3. The molecule has 1 saturated carbocycles. The van der Waals surface area contributed by atoms with E-state index in [-0.39, 0.29) is 0 Å². The van der Waals surface area contributed by atoms with Crippen molar-refractivity contribution in [3.63, 3.8) is 0 Å². The average Bonchev–Trinajstić information content (AvgIpc) is 2.68. The van der Waals surface area contributed by atoms with Gasteiger partial charge in [-0.2, -0.15) is 0 Å². The fourth-order valence-electron chi connectivity index (χ4n) is 5.61. The van der Waals surface area contributed by atoms with Crippen molar-refractivity contribution in [1.29, 1.82) is 0 Å². The normalized spacial score (nSPS) is 25.2. The maximum atomic E-state index is 2.68. The van der Waals surface area contributed by atoms with E-state index in [1.54, 1.807) is 10.8 Å². The first-order valence-electron chi connectivity index (χ1n) is 10.2. The molecule has 0 amide bonds. The van der Waals surface area contributed by atoms with E-state index in [1.165, 1.54) is 60.4 Å². The molecule has 128 valence electrons. The topological polar surface area (TPSA) is 0 Å². The van der Waals surface area contributed by atoms with Crippen molar-refractivity contribution in [2.75, 3.05) is 0 Å². The van der Waals surface area contributed by atoms with E-state index in [2.05, 4.69) is 55.5 Å². The third kappa shape index (κ3) is 2.58. The highest BCUT2D eigenvalue weighted by atomic mass is 14.3. The largest absolute Gasteiger partial charge is 0.0729 e. The Bertz CT molecular complexity index is 912. The van der Waals surface area contributed by atoms with Gasteiger partial charge in [-0.25, -0.2) is 0 Å². The van der Waals surface area contributed by atoms with Gasteiger partial charge in [0.1, 0.15) is 0 Å². The van der Waals surface area contributed by atoms with Crippen molar-refractivity contribution in [2.24, 2.45) is 11.8 Å². The molecule has 0 heterocycles. The van der Waals surface area contributed by atoms with Gasteiger partial charge >= 0.3 is 0 Å². The second-order valence-electron chi connectivity index (χ2n) is 8.46. The van der Waals surface area contributed by atoms with Crippen LogP contribution in [0.5, 0.6) is 0 Å². The third-order valence-electron chi connectivity index (χ3n) is 6.95. The van der Waals surface area contributed by atoms with Crippen LogP contribution in [0.1, 0.15) is 62.5 Å². The van der Waals surface area contributed by atoms with Crippen molar-refractivity contribution < 1.29 is 0 Å². The highest BCUT2D eigenvalue weighted by molar-refractivity contribution is 5.74. The molecule has 1 fully saturated rings. The molecule has 2 aromatic rings. The van der Waals surface area contributed by atoms with E-state index in [0.717, 1.165) is 18.3 Å². The van der Waals surface area contributed by atoms with Crippen LogP contribution >= 0.6 is 0 Å². The van der Waals surface area contributed by atoms with E-state index in [9.17, 15) is 0 Å². The minimum Gasteiger partial charge on any atom is -0.0729 e. The Morgan fingerprint density at radius 1 is 0.840 bits per heavy atom. The summed E-state index contributed by atoms with van der Waals surface area (Å²) in [6.45, 7) is 2.45. The van der Waals surface area contributed by atoms with Gasteiger partial charge in [0.25, 0.3) is 0 Å². The van der Waals surface area contributed by atoms with Gasteiger partial charge in [-0.15, -0.1) is 0 Å². The lowest BCUT2D eigenvalue weighted by molar-refractivity contribution is 0.275. The number of rotatable bonds is 1. The zero-order chi connectivity index (χ0) is 16.8. The van der Waals surface area contributed by atoms with Crippen LogP contribution in [0.2, 0.25) is 0 Å². The monoisotopic (exact) mass is 328 g/mol. The summed E-state index contributed by atoms with van der Waals surface area (Å²) in [5.41, 5.74) is 5.96. The summed E-state index contributed by atoms with van der Waals surface area (Å²) < 4.78 is 0. The lowest BCUT2D eigenvalue weighted by Crippen LogP contribution is -2.38. The van der Waals surface area contributed by atoms with E-state index in [0.29, 0.717) is 5.92 Å². The summed E-state index contributed by atoms with van der Waals surface area (Å²) in [5.74, 6) is 2.42. The van der Waals surface area contributed by atoms with Gasteiger partial charge in [0.05, 0.1) is 0 Å². The predicted molar refractivity (Wildman–Crippen MR) is 107 cm³/mol. The number of hydrogen-bond acceptors (Lipinski definition) is 0. The van der Waals surface area contributed by atoms with E-state index in [4.69, 9.17) is 0 Å². The Morgan fingerprint density at radius 2 is 1.68 bits per heavy atom. The molecular weight excluding hydrogens is 300 g/mol. The van der Waals surface area contributed by atoms with Gasteiger partial charge in [-0.3, -0.25) is 0 Å². The molecular formula is C25H28. The molecule has 2 unspecified atom stereocenters. The molecule has 0 heteroatoms. The molecule has 0 saturated heterocycles. The first-order chi connectivity index (χ1) is 12.3. The number of hydrogen-bond donors (Lipinski definition) is 0. The average molecular weight is 328 g/mol. The minimum atomic E-state index is 0.697. The van der Waals surface area contributed by atoms with Crippen LogP contribution in [0.25, 0.3) is 23.3 Å². The lowest BCUT2D eigenvalue weighted by Gasteiger charge is -2.33. The number of fused-ring (bicyclic) bond motifs is 5. The highest BCUT2D eigenvalue weighted by Crippen LogP contribution is 2.38. The summed E-state index contributed by atoms with van der Waals surface area (Å²) in [7, 11) is 0. The molecule has 0 aromatic heterocycles. The smallest absolute Gasteiger partial charge is 0.00819 e. The Balaban J connectivity index is 1.67. The lowest BCUT2D eigenvalue weighted by atomic mass is 9.71. The Hall–Kier alpha value is -1.82. The Labute approximate surface area is 151 Å². The molecule has 0 N–H and O–H groups in total. The second kappa shape index (κ2) is 6.16. The van der Waals surface area contributed by atoms with Crippen LogP contribution < -0.4 is 10.4 Å². The maximum absolute atomic E-state index is 2.68. The first kappa shape index (κ1) is 15.4. The molecule has 3 aliphatic rings.